The Morgan fingerprint density at radius 1 is 1.55 bits per heavy atom. The Morgan fingerprint density at radius 3 is 3.15 bits per heavy atom. The van der Waals surface area contributed by atoms with E-state index in [9.17, 15) is 4.79 Å². The summed E-state index contributed by atoms with van der Waals surface area (Å²) in [6, 6.07) is 7.25. The number of anilines is 2. The fourth-order valence-electron chi connectivity index (χ4n) is 2.69. The predicted molar refractivity (Wildman–Crippen MR) is 80.5 cm³/mol. The summed E-state index contributed by atoms with van der Waals surface area (Å²) >= 11 is 0. The molecule has 0 saturated carbocycles. The lowest BCUT2D eigenvalue weighted by atomic mass is 9.99. The molecule has 1 amide bonds. The van der Waals surface area contributed by atoms with E-state index in [2.05, 4.69) is 10.2 Å². The quantitative estimate of drug-likeness (QED) is 0.802. The summed E-state index contributed by atoms with van der Waals surface area (Å²) < 4.78 is 5.20. The number of methoxy groups -OCH3 is 1. The number of likely N-dealkylation sites (tertiary alicyclic amines) is 1. The maximum atomic E-state index is 12.0. The van der Waals surface area contributed by atoms with E-state index in [1.807, 2.05) is 12.1 Å². The zero-order valence-corrected chi connectivity index (χ0v) is 12.0. The number of nitrogens with two attached hydrogens (primary N) is 1. The molecule has 0 aliphatic carbocycles. The Kier molecular flexibility index (Phi) is 5.38. The Labute approximate surface area is 120 Å². The summed E-state index contributed by atoms with van der Waals surface area (Å²) in [5.41, 5.74) is 7.10. The van der Waals surface area contributed by atoms with Gasteiger partial charge in [0.15, 0.2) is 0 Å². The SMILES string of the molecule is COCC1CCCN(CC(=O)Nc2cccc(N)c2)C1. The summed E-state index contributed by atoms with van der Waals surface area (Å²) in [6.07, 6.45) is 2.31. The monoisotopic (exact) mass is 277 g/mol. The summed E-state index contributed by atoms with van der Waals surface area (Å²) in [6.45, 7) is 3.10. The number of nitrogens with one attached hydrogen (secondary N) is 1. The smallest absolute Gasteiger partial charge is 0.238 e. The summed E-state index contributed by atoms with van der Waals surface area (Å²) in [5, 5.41) is 2.89. The van der Waals surface area contributed by atoms with Crippen molar-refractivity contribution >= 4 is 17.3 Å². The van der Waals surface area contributed by atoms with E-state index in [1.54, 1.807) is 19.2 Å². The molecule has 1 heterocycles. The van der Waals surface area contributed by atoms with E-state index in [0.29, 0.717) is 18.2 Å². The minimum absolute atomic E-state index is 0.00802. The van der Waals surface area contributed by atoms with Gasteiger partial charge in [0.05, 0.1) is 13.2 Å². The lowest BCUT2D eigenvalue weighted by Crippen LogP contribution is -2.41. The van der Waals surface area contributed by atoms with Gasteiger partial charge in [-0.25, -0.2) is 0 Å². The minimum atomic E-state index is 0.00802. The third-order valence-electron chi connectivity index (χ3n) is 3.54. The highest BCUT2D eigenvalue weighted by atomic mass is 16.5. The van der Waals surface area contributed by atoms with Crippen molar-refractivity contribution < 1.29 is 9.53 Å². The second kappa shape index (κ2) is 7.26. The normalized spacial score (nSPS) is 19.8. The number of carbonyl (C=O) groups is 1. The number of benzene rings is 1. The van der Waals surface area contributed by atoms with Crippen LogP contribution in [0.3, 0.4) is 0 Å². The average molecular weight is 277 g/mol. The Hall–Kier alpha value is -1.59. The fourth-order valence-corrected chi connectivity index (χ4v) is 2.69. The van der Waals surface area contributed by atoms with Crippen LogP contribution in [0.15, 0.2) is 24.3 Å². The van der Waals surface area contributed by atoms with Crippen LogP contribution in [0.4, 0.5) is 11.4 Å². The molecule has 1 saturated heterocycles. The first-order valence-electron chi connectivity index (χ1n) is 7.04. The first kappa shape index (κ1) is 14.8. The molecule has 0 radical (unpaired) electrons. The Bertz CT molecular complexity index is 448. The van der Waals surface area contributed by atoms with Gasteiger partial charge in [0.25, 0.3) is 0 Å². The van der Waals surface area contributed by atoms with Gasteiger partial charge in [-0.2, -0.15) is 0 Å². The molecule has 1 aromatic rings. The fraction of sp³-hybridized carbons (Fsp3) is 0.533. The van der Waals surface area contributed by atoms with Crippen LogP contribution in [0.2, 0.25) is 0 Å². The molecule has 1 atom stereocenters. The number of hydrogen-bond donors (Lipinski definition) is 2. The zero-order valence-electron chi connectivity index (χ0n) is 12.0. The Balaban J connectivity index is 1.82. The van der Waals surface area contributed by atoms with Gasteiger partial charge < -0.3 is 15.8 Å². The summed E-state index contributed by atoms with van der Waals surface area (Å²) in [7, 11) is 1.73. The molecule has 5 heteroatoms. The van der Waals surface area contributed by atoms with Gasteiger partial charge in [-0.3, -0.25) is 9.69 Å². The van der Waals surface area contributed by atoms with Crippen molar-refractivity contribution in [3.8, 4) is 0 Å². The van der Waals surface area contributed by atoms with Gasteiger partial charge in [0.1, 0.15) is 0 Å². The van der Waals surface area contributed by atoms with E-state index in [-0.39, 0.29) is 5.91 Å². The van der Waals surface area contributed by atoms with Gasteiger partial charge in [-0.05, 0) is 43.5 Å². The second-order valence-corrected chi connectivity index (χ2v) is 5.37. The van der Waals surface area contributed by atoms with Crippen LogP contribution < -0.4 is 11.1 Å². The third kappa shape index (κ3) is 4.51. The van der Waals surface area contributed by atoms with E-state index in [0.717, 1.165) is 31.8 Å². The van der Waals surface area contributed by atoms with Crippen LogP contribution in [-0.2, 0) is 9.53 Å². The molecule has 20 heavy (non-hydrogen) atoms. The van der Waals surface area contributed by atoms with Crippen molar-refractivity contribution in [2.45, 2.75) is 12.8 Å². The summed E-state index contributed by atoms with van der Waals surface area (Å²) in [4.78, 5) is 14.2. The lowest BCUT2D eigenvalue weighted by molar-refractivity contribution is -0.117. The third-order valence-corrected chi connectivity index (χ3v) is 3.54. The van der Waals surface area contributed by atoms with Crippen LogP contribution in [0, 0.1) is 5.92 Å². The highest BCUT2D eigenvalue weighted by Crippen LogP contribution is 2.17. The molecule has 5 nitrogen and oxygen atoms in total. The predicted octanol–water partition coefficient (Wildman–Crippen LogP) is 1.57. The lowest BCUT2D eigenvalue weighted by Gasteiger charge is -2.31. The molecule has 1 aliphatic heterocycles. The Morgan fingerprint density at radius 2 is 2.40 bits per heavy atom. The first-order chi connectivity index (χ1) is 9.67. The molecule has 1 fully saturated rings. The first-order valence-corrected chi connectivity index (χ1v) is 7.04. The van der Waals surface area contributed by atoms with Crippen molar-refractivity contribution in [2.24, 2.45) is 5.92 Å². The van der Waals surface area contributed by atoms with Crippen LogP contribution in [0.25, 0.3) is 0 Å². The van der Waals surface area contributed by atoms with Crippen LogP contribution in [-0.4, -0.2) is 44.2 Å². The average Bonchev–Trinajstić information content (AvgIpc) is 2.39. The second-order valence-electron chi connectivity index (χ2n) is 5.37. The number of hydrogen-bond acceptors (Lipinski definition) is 4. The molecule has 110 valence electrons. The number of nitrogens with zero attached hydrogens (tertiary/aromatic N) is 1. The van der Waals surface area contributed by atoms with Crippen molar-refractivity contribution in [3.05, 3.63) is 24.3 Å². The number of amides is 1. The van der Waals surface area contributed by atoms with Gasteiger partial charge in [-0.15, -0.1) is 0 Å². The number of rotatable bonds is 5. The van der Waals surface area contributed by atoms with E-state index < -0.39 is 0 Å². The molecule has 1 unspecified atom stereocenters. The summed E-state index contributed by atoms with van der Waals surface area (Å²) in [5.74, 6) is 0.544. The van der Waals surface area contributed by atoms with Crippen molar-refractivity contribution in [3.63, 3.8) is 0 Å². The largest absolute Gasteiger partial charge is 0.399 e. The highest BCUT2D eigenvalue weighted by molar-refractivity contribution is 5.92. The van der Waals surface area contributed by atoms with E-state index in [4.69, 9.17) is 10.5 Å². The maximum absolute atomic E-state index is 12.0. The molecule has 3 N–H and O–H groups in total. The molecule has 0 aromatic heterocycles. The molecule has 2 rings (SSSR count). The van der Waals surface area contributed by atoms with E-state index in [1.165, 1.54) is 6.42 Å². The minimum Gasteiger partial charge on any atom is -0.399 e. The van der Waals surface area contributed by atoms with Crippen LogP contribution in [0.1, 0.15) is 12.8 Å². The van der Waals surface area contributed by atoms with Crippen molar-refractivity contribution in [2.75, 3.05) is 44.4 Å². The van der Waals surface area contributed by atoms with Crippen LogP contribution >= 0.6 is 0 Å². The standard InChI is InChI=1S/C15H23N3O2/c1-20-11-12-4-3-7-18(9-12)10-15(19)17-14-6-2-5-13(16)8-14/h2,5-6,8,12H,3-4,7,9-11,16H2,1H3,(H,17,19). The van der Waals surface area contributed by atoms with Crippen molar-refractivity contribution in [1.29, 1.82) is 0 Å². The van der Waals surface area contributed by atoms with Crippen molar-refractivity contribution in [1.82, 2.24) is 4.90 Å². The molecular weight excluding hydrogens is 254 g/mol. The molecule has 0 spiro atoms. The molecule has 1 aliphatic rings. The van der Waals surface area contributed by atoms with Crippen LogP contribution in [0.5, 0.6) is 0 Å². The van der Waals surface area contributed by atoms with E-state index >= 15 is 0 Å². The number of carbonyl (C=O) groups excluding carboxylic acids is 1. The topological polar surface area (TPSA) is 67.6 Å². The molecule has 0 bridgehead atoms. The molecule has 1 aromatic carbocycles. The maximum Gasteiger partial charge on any atom is 0.238 e. The highest BCUT2D eigenvalue weighted by Gasteiger charge is 2.21. The van der Waals surface area contributed by atoms with Gasteiger partial charge >= 0.3 is 0 Å². The molecular formula is C15H23N3O2. The van der Waals surface area contributed by atoms with Gasteiger partial charge in [-0.1, -0.05) is 6.07 Å². The number of piperidine rings is 1. The number of ether oxygens (including phenoxy) is 1. The zero-order chi connectivity index (χ0) is 14.4. The number of nitrogen functional groups attached to an aromatic ring is 1. The van der Waals surface area contributed by atoms with Gasteiger partial charge in [0, 0.05) is 25.0 Å². The van der Waals surface area contributed by atoms with Gasteiger partial charge in [0.2, 0.25) is 5.91 Å².